The summed E-state index contributed by atoms with van der Waals surface area (Å²) in [5.41, 5.74) is 5.78. The second kappa shape index (κ2) is 5.90. The Hall–Kier alpha value is -2.02. The first-order chi connectivity index (χ1) is 7.99. The third kappa shape index (κ3) is 4.56. The van der Waals surface area contributed by atoms with Crippen molar-refractivity contribution in [1.29, 1.82) is 0 Å². The maximum absolute atomic E-state index is 12.5. The molecule has 0 aliphatic heterocycles. The summed E-state index contributed by atoms with van der Waals surface area (Å²) < 4.78 is 12.5. The van der Waals surface area contributed by atoms with Crippen LogP contribution >= 0.6 is 0 Å². The molecule has 0 spiro atoms. The first-order valence-electron chi connectivity index (χ1n) is 4.89. The molecule has 92 valence electrons. The van der Waals surface area contributed by atoms with Crippen LogP contribution in [0.4, 0.5) is 10.1 Å². The number of nitrogens with two attached hydrogens (primary N) is 1. The van der Waals surface area contributed by atoms with Crippen LogP contribution in [0.2, 0.25) is 0 Å². The number of anilines is 1. The molecule has 1 amide bonds. The fourth-order valence-corrected chi connectivity index (χ4v) is 1.09. The van der Waals surface area contributed by atoms with E-state index >= 15 is 0 Å². The maximum atomic E-state index is 12.5. The lowest BCUT2D eigenvalue weighted by molar-refractivity contribution is -0.137. The van der Waals surface area contributed by atoms with Gasteiger partial charge in [-0.2, -0.15) is 4.39 Å². The number of carbonyl (C=O) groups excluding carboxylic acids is 1. The van der Waals surface area contributed by atoms with Crippen LogP contribution in [-0.4, -0.2) is 28.0 Å². The number of nitrogens with one attached hydrogen (secondary N) is 1. The van der Waals surface area contributed by atoms with E-state index in [4.69, 9.17) is 10.8 Å². The summed E-state index contributed by atoms with van der Waals surface area (Å²) >= 11 is 0. The van der Waals surface area contributed by atoms with Gasteiger partial charge in [-0.05, 0) is 18.6 Å². The fraction of sp³-hybridized carbons (Fsp3) is 0.300. The number of carbonyl (C=O) groups is 2. The highest BCUT2D eigenvalue weighted by atomic mass is 19.1. The normalized spacial score (nSPS) is 11.9. The zero-order valence-electron chi connectivity index (χ0n) is 8.89. The molecule has 6 nitrogen and oxygen atoms in total. The van der Waals surface area contributed by atoms with Gasteiger partial charge in [-0.15, -0.1) is 0 Å². The quantitative estimate of drug-likeness (QED) is 0.645. The second-order valence-corrected chi connectivity index (χ2v) is 3.40. The number of hydrogen-bond acceptors (Lipinski definition) is 4. The molecule has 1 aromatic heterocycles. The first-order valence-corrected chi connectivity index (χ1v) is 4.89. The van der Waals surface area contributed by atoms with Crippen LogP contribution in [-0.2, 0) is 9.59 Å². The van der Waals surface area contributed by atoms with Crippen LogP contribution in [0.3, 0.4) is 0 Å². The van der Waals surface area contributed by atoms with Gasteiger partial charge in [0.1, 0.15) is 0 Å². The van der Waals surface area contributed by atoms with Gasteiger partial charge in [-0.25, -0.2) is 4.98 Å². The van der Waals surface area contributed by atoms with Crippen LogP contribution in [0.15, 0.2) is 18.3 Å². The summed E-state index contributed by atoms with van der Waals surface area (Å²) in [5, 5.41) is 10.8. The Balaban J connectivity index is 2.48. The molecule has 7 heteroatoms. The standard InChI is InChI=1S/C10H12FN3O3/c11-8-3-1-6(5-13-8)14-10(17)7(12)2-4-9(15)16/h1,3,5,7H,2,4,12H2,(H,14,17)(H,15,16). The molecule has 17 heavy (non-hydrogen) atoms. The Labute approximate surface area is 96.6 Å². The van der Waals surface area contributed by atoms with Gasteiger partial charge in [0.05, 0.1) is 17.9 Å². The van der Waals surface area contributed by atoms with Crippen molar-refractivity contribution in [3.63, 3.8) is 0 Å². The maximum Gasteiger partial charge on any atom is 0.303 e. The largest absolute Gasteiger partial charge is 0.481 e. The van der Waals surface area contributed by atoms with Gasteiger partial charge in [-0.3, -0.25) is 9.59 Å². The number of carboxylic acid groups (broad SMARTS) is 1. The molecular weight excluding hydrogens is 229 g/mol. The molecule has 0 aromatic carbocycles. The predicted molar refractivity (Wildman–Crippen MR) is 57.7 cm³/mol. The Bertz CT molecular complexity index is 408. The monoisotopic (exact) mass is 241 g/mol. The van der Waals surface area contributed by atoms with Crippen molar-refractivity contribution < 1.29 is 19.1 Å². The highest BCUT2D eigenvalue weighted by molar-refractivity contribution is 5.94. The molecule has 0 aliphatic rings. The summed E-state index contributed by atoms with van der Waals surface area (Å²) in [4.78, 5) is 25.1. The molecule has 0 saturated carbocycles. The number of rotatable bonds is 5. The lowest BCUT2D eigenvalue weighted by Crippen LogP contribution is -2.36. The van der Waals surface area contributed by atoms with Crippen molar-refractivity contribution >= 4 is 17.6 Å². The molecule has 0 radical (unpaired) electrons. The van der Waals surface area contributed by atoms with Crippen molar-refractivity contribution in [2.75, 3.05) is 5.32 Å². The number of aromatic nitrogens is 1. The minimum absolute atomic E-state index is 0.0375. The minimum Gasteiger partial charge on any atom is -0.481 e. The van der Waals surface area contributed by atoms with Gasteiger partial charge in [0.25, 0.3) is 0 Å². The van der Waals surface area contributed by atoms with Crippen LogP contribution in [0.25, 0.3) is 0 Å². The number of carboxylic acids is 1. The number of nitrogens with zero attached hydrogens (tertiary/aromatic N) is 1. The molecule has 1 rings (SSSR count). The third-order valence-corrected chi connectivity index (χ3v) is 2.00. The van der Waals surface area contributed by atoms with E-state index in [1.807, 2.05) is 0 Å². The molecule has 1 aromatic rings. The van der Waals surface area contributed by atoms with Crippen LogP contribution < -0.4 is 11.1 Å². The number of pyridine rings is 1. The summed E-state index contributed by atoms with van der Waals surface area (Å²) in [6.45, 7) is 0. The Kier molecular flexibility index (Phi) is 4.53. The van der Waals surface area contributed by atoms with E-state index in [1.54, 1.807) is 0 Å². The predicted octanol–water partition coefficient (Wildman–Crippen LogP) is 0.351. The van der Waals surface area contributed by atoms with E-state index in [0.717, 1.165) is 12.3 Å². The highest BCUT2D eigenvalue weighted by Gasteiger charge is 2.14. The average molecular weight is 241 g/mol. The topological polar surface area (TPSA) is 105 Å². The van der Waals surface area contributed by atoms with E-state index < -0.39 is 23.9 Å². The van der Waals surface area contributed by atoms with Crippen molar-refractivity contribution in [1.82, 2.24) is 4.98 Å². The zero-order chi connectivity index (χ0) is 12.8. The van der Waals surface area contributed by atoms with Crippen molar-refractivity contribution in [3.8, 4) is 0 Å². The molecule has 1 unspecified atom stereocenters. The van der Waals surface area contributed by atoms with Gasteiger partial charge < -0.3 is 16.2 Å². The first kappa shape index (κ1) is 13.0. The van der Waals surface area contributed by atoms with Gasteiger partial charge in [0, 0.05) is 6.42 Å². The number of aliphatic carboxylic acids is 1. The molecule has 0 aliphatic carbocycles. The molecular formula is C10H12FN3O3. The number of hydrogen-bond donors (Lipinski definition) is 3. The van der Waals surface area contributed by atoms with Crippen LogP contribution in [0.5, 0.6) is 0 Å². The van der Waals surface area contributed by atoms with Gasteiger partial charge in [-0.1, -0.05) is 0 Å². The molecule has 4 N–H and O–H groups in total. The van der Waals surface area contributed by atoms with Crippen LogP contribution in [0, 0.1) is 5.95 Å². The summed E-state index contributed by atoms with van der Waals surface area (Å²) in [6.07, 6.45) is 1.00. The van der Waals surface area contributed by atoms with Crippen molar-refractivity contribution in [2.24, 2.45) is 5.73 Å². The van der Waals surface area contributed by atoms with E-state index in [0.29, 0.717) is 5.69 Å². The lowest BCUT2D eigenvalue weighted by Gasteiger charge is -2.10. The van der Waals surface area contributed by atoms with Gasteiger partial charge in [0.15, 0.2) is 0 Å². The summed E-state index contributed by atoms with van der Waals surface area (Å²) in [5.74, 6) is -2.20. The molecule has 0 fully saturated rings. The Morgan fingerprint density at radius 3 is 2.76 bits per heavy atom. The number of amides is 1. The van der Waals surface area contributed by atoms with Gasteiger partial charge >= 0.3 is 5.97 Å². The molecule has 1 atom stereocenters. The SMILES string of the molecule is NC(CCC(=O)O)C(=O)Nc1ccc(F)nc1. The smallest absolute Gasteiger partial charge is 0.303 e. The van der Waals surface area contributed by atoms with Crippen LogP contribution in [0.1, 0.15) is 12.8 Å². The molecule has 1 heterocycles. The summed E-state index contributed by atoms with van der Waals surface area (Å²) in [6, 6.07) is 1.51. The van der Waals surface area contributed by atoms with E-state index in [9.17, 15) is 14.0 Å². The average Bonchev–Trinajstić information content (AvgIpc) is 2.28. The third-order valence-electron chi connectivity index (χ3n) is 2.00. The highest BCUT2D eigenvalue weighted by Crippen LogP contribution is 2.06. The van der Waals surface area contributed by atoms with E-state index in [2.05, 4.69) is 10.3 Å². The van der Waals surface area contributed by atoms with E-state index in [1.165, 1.54) is 6.07 Å². The molecule has 0 saturated heterocycles. The Morgan fingerprint density at radius 1 is 1.53 bits per heavy atom. The van der Waals surface area contributed by atoms with Crippen molar-refractivity contribution in [3.05, 3.63) is 24.3 Å². The van der Waals surface area contributed by atoms with Gasteiger partial charge in [0.2, 0.25) is 11.9 Å². The summed E-state index contributed by atoms with van der Waals surface area (Å²) in [7, 11) is 0. The zero-order valence-corrected chi connectivity index (χ0v) is 8.89. The second-order valence-electron chi connectivity index (χ2n) is 3.40. The lowest BCUT2D eigenvalue weighted by atomic mass is 10.1. The Morgan fingerprint density at radius 2 is 2.24 bits per heavy atom. The van der Waals surface area contributed by atoms with E-state index in [-0.39, 0.29) is 12.8 Å². The minimum atomic E-state index is -1.02. The fourth-order valence-electron chi connectivity index (χ4n) is 1.09. The number of halogens is 1. The van der Waals surface area contributed by atoms with Crippen molar-refractivity contribution in [2.45, 2.75) is 18.9 Å². The molecule has 0 bridgehead atoms.